The van der Waals surface area contributed by atoms with Crippen LogP contribution in [0.3, 0.4) is 0 Å². The molecule has 0 saturated heterocycles. The zero-order chi connectivity index (χ0) is 9.00. The van der Waals surface area contributed by atoms with E-state index in [1.807, 2.05) is 0 Å². The van der Waals surface area contributed by atoms with Gasteiger partial charge in [0.25, 0.3) is 0 Å². The summed E-state index contributed by atoms with van der Waals surface area (Å²) in [4.78, 5) is 51.3. The van der Waals surface area contributed by atoms with Crippen molar-refractivity contribution < 1.29 is 110 Å². The standard InChI is InChI=1S/2H3O4P.Tb.Y/c2*1-5(2,3)4;;/h2*(H3,1,2,3,4);;/q;;2*+3/p-6. The molecule has 0 heterocycles. The summed E-state index contributed by atoms with van der Waals surface area (Å²) in [6.45, 7) is 0. The Balaban J connectivity index is -0.0000000457. The third-order valence-corrected chi connectivity index (χ3v) is 0. The van der Waals surface area contributed by atoms with Crippen LogP contribution in [-0.2, 0) is 41.8 Å². The fourth-order valence-corrected chi connectivity index (χ4v) is 0. The first-order chi connectivity index (χ1) is 4.00. The molecule has 0 bridgehead atoms. The Hall–Kier alpha value is 2.61. The van der Waals surface area contributed by atoms with Gasteiger partial charge in [-0.15, -0.1) is 0 Å². The minimum atomic E-state index is -5.39. The van der Waals surface area contributed by atoms with Gasteiger partial charge in [-0.3, -0.25) is 0 Å². The van der Waals surface area contributed by atoms with E-state index in [9.17, 15) is 0 Å². The Bertz CT molecular complexity index is 129. The summed E-state index contributed by atoms with van der Waals surface area (Å²) in [7, 11) is -10.8. The zero-order valence-corrected chi connectivity index (χ0v) is 11.8. The van der Waals surface area contributed by atoms with E-state index in [-0.39, 0.29) is 71.3 Å². The summed E-state index contributed by atoms with van der Waals surface area (Å²) in [6, 6.07) is 0. The van der Waals surface area contributed by atoms with Gasteiger partial charge in [0.2, 0.25) is 0 Å². The van der Waals surface area contributed by atoms with E-state index in [1.165, 1.54) is 0 Å². The Kier molecular flexibility index (Phi) is 20.3. The van der Waals surface area contributed by atoms with E-state index >= 15 is 0 Å². The zero-order valence-electron chi connectivity index (χ0n) is 5.07. The molecule has 0 unspecified atom stereocenters. The van der Waals surface area contributed by atoms with E-state index in [1.54, 1.807) is 0 Å². The van der Waals surface area contributed by atoms with Gasteiger partial charge in [-0.1, -0.05) is 0 Å². The van der Waals surface area contributed by atoms with Crippen molar-refractivity contribution in [1.82, 2.24) is 0 Å². The second-order valence-electron chi connectivity index (χ2n) is 0.894. The molecule has 0 radical (unpaired) electrons. The van der Waals surface area contributed by atoms with Crippen molar-refractivity contribution in [2.24, 2.45) is 0 Å². The molecule has 0 aliphatic heterocycles. The Morgan fingerprint density at radius 2 is 0.667 bits per heavy atom. The fourth-order valence-electron chi connectivity index (χ4n) is 0. The molecule has 0 saturated carbocycles. The molecular formula is O8P2TbY. The Morgan fingerprint density at radius 3 is 0.667 bits per heavy atom. The number of phosphoric acid groups is 2. The summed E-state index contributed by atoms with van der Waals surface area (Å²) in [5.41, 5.74) is 0. The summed E-state index contributed by atoms with van der Waals surface area (Å²) >= 11 is 0. The second kappa shape index (κ2) is 10.1. The van der Waals surface area contributed by atoms with Crippen LogP contribution < -0.4 is 29.4 Å². The molecule has 0 aromatic rings. The molecule has 70 valence electrons. The number of rotatable bonds is 0. The monoisotopic (exact) mass is 438 g/mol. The van der Waals surface area contributed by atoms with Crippen LogP contribution in [0.25, 0.3) is 0 Å². The molecule has 0 amide bonds. The third kappa shape index (κ3) is 250. The van der Waals surface area contributed by atoms with Crippen molar-refractivity contribution in [2.75, 3.05) is 0 Å². The molecule has 8 nitrogen and oxygen atoms in total. The maximum atomic E-state index is 8.55. The van der Waals surface area contributed by atoms with E-state index in [2.05, 4.69) is 0 Å². The minimum Gasteiger partial charge on any atom is -0.822 e. The van der Waals surface area contributed by atoms with Crippen LogP contribution in [0.1, 0.15) is 0 Å². The molecule has 0 fully saturated rings. The molecule has 12 heteroatoms. The van der Waals surface area contributed by atoms with E-state index in [0.29, 0.717) is 0 Å². The van der Waals surface area contributed by atoms with Crippen LogP contribution in [0, 0.1) is 38.6 Å². The van der Waals surface area contributed by atoms with Gasteiger partial charge in [0.05, 0.1) is 0 Å². The Labute approximate surface area is 124 Å². The molecule has 0 aliphatic carbocycles. The smallest absolute Gasteiger partial charge is 0.822 e. The quantitative estimate of drug-likeness (QED) is 0.337. The summed E-state index contributed by atoms with van der Waals surface area (Å²) in [5, 5.41) is 0. The predicted molar refractivity (Wildman–Crippen MR) is 15.2 cm³/mol. The van der Waals surface area contributed by atoms with Gasteiger partial charge in [0.15, 0.2) is 0 Å². The van der Waals surface area contributed by atoms with Gasteiger partial charge in [0, 0.05) is 0 Å². The van der Waals surface area contributed by atoms with Gasteiger partial charge in [-0.2, -0.15) is 15.6 Å². The molecule has 0 N–H and O–H groups in total. The number of hydrogen-bond donors (Lipinski definition) is 0. The average Bonchev–Trinajstić information content (AvgIpc) is 1.12. The van der Waals surface area contributed by atoms with Crippen molar-refractivity contribution in [3.8, 4) is 0 Å². The van der Waals surface area contributed by atoms with E-state index < -0.39 is 15.6 Å². The van der Waals surface area contributed by atoms with Crippen LogP contribution in [0.4, 0.5) is 0 Å². The maximum absolute atomic E-state index is 8.55. The van der Waals surface area contributed by atoms with Crippen LogP contribution >= 0.6 is 15.6 Å². The minimum absolute atomic E-state index is 0. The summed E-state index contributed by atoms with van der Waals surface area (Å²) in [5.74, 6) is 0. The SMILES string of the molecule is O=P([O-])([O-])[O-].O=P([O-])([O-])[O-].[Tb+3].[Y+3]. The number of hydrogen-bond acceptors (Lipinski definition) is 8. The van der Waals surface area contributed by atoms with Gasteiger partial charge in [-0.05, 0) is 0 Å². The van der Waals surface area contributed by atoms with Gasteiger partial charge >= 0.3 is 71.3 Å². The molecule has 0 aliphatic rings. The second-order valence-corrected chi connectivity index (χ2v) is 2.68. The van der Waals surface area contributed by atoms with Gasteiger partial charge in [0.1, 0.15) is 0 Å². The largest absolute Gasteiger partial charge is 3.00 e. The molecule has 0 spiro atoms. The average molecular weight is 438 g/mol. The normalized spacial score (nSPS) is 9.83. The summed E-state index contributed by atoms with van der Waals surface area (Å²) in [6.07, 6.45) is 0. The molecular weight excluding hydrogens is 438 g/mol. The third-order valence-electron chi connectivity index (χ3n) is 0. The van der Waals surface area contributed by atoms with E-state index in [4.69, 9.17) is 38.5 Å². The predicted octanol–water partition coefficient (Wildman–Crippen LogP) is -5.65. The first-order valence-corrected chi connectivity index (χ1v) is 4.38. The fraction of sp³-hybridized carbons (Fsp3) is 0. The molecule has 12 heavy (non-hydrogen) atoms. The van der Waals surface area contributed by atoms with E-state index in [0.717, 1.165) is 0 Å². The topological polar surface area (TPSA) is 172 Å². The van der Waals surface area contributed by atoms with Crippen LogP contribution in [-0.4, -0.2) is 0 Å². The van der Waals surface area contributed by atoms with Crippen LogP contribution in [0.5, 0.6) is 0 Å². The molecule has 0 aromatic heterocycles. The van der Waals surface area contributed by atoms with Crippen LogP contribution in [0.15, 0.2) is 0 Å². The molecule has 0 atom stereocenters. The first kappa shape index (κ1) is 24.0. The van der Waals surface area contributed by atoms with Crippen molar-refractivity contribution in [3.63, 3.8) is 0 Å². The van der Waals surface area contributed by atoms with Gasteiger partial charge < -0.3 is 38.5 Å². The molecule has 0 rings (SSSR count). The van der Waals surface area contributed by atoms with Crippen molar-refractivity contribution in [1.29, 1.82) is 0 Å². The molecule has 0 aromatic carbocycles. The maximum Gasteiger partial charge on any atom is 3.00 e. The van der Waals surface area contributed by atoms with Crippen molar-refractivity contribution >= 4 is 15.6 Å². The van der Waals surface area contributed by atoms with Gasteiger partial charge in [-0.25, -0.2) is 0 Å². The van der Waals surface area contributed by atoms with Crippen molar-refractivity contribution in [3.05, 3.63) is 0 Å². The van der Waals surface area contributed by atoms with Crippen LogP contribution in [0.2, 0.25) is 0 Å². The Morgan fingerprint density at radius 1 is 0.667 bits per heavy atom. The first-order valence-electron chi connectivity index (χ1n) is 1.46. The van der Waals surface area contributed by atoms with Crippen molar-refractivity contribution in [2.45, 2.75) is 0 Å². The summed E-state index contributed by atoms with van der Waals surface area (Å²) < 4.78 is 17.1.